The van der Waals surface area contributed by atoms with E-state index in [0.29, 0.717) is 6.54 Å². The Morgan fingerprint density at radius 2 is 2.32 bits per heavy atom. The zero-order valence-corrected chi connectivity index (χ0v) is 11.0. The number of aliphatic carboxylic acids is 1. The molecule has 1 heterocycles. The molecule has 1 unspecified atom stereocenters. The molecule has 106 valence electrons. The monoisotopic (exact) mass is 269 g/mol. The predicted molar refractivity (Wildman–Crippen MR) is 67.3 cm³/mol. The minimum absolute atomic E-state index is 0.00660. The van der Waals surface area contributed by atoms with Crippen LogP contribution in [-0.4, -0.2) is 47.0 Å². The van der Waals surface area contributed by atoms with Gasteiger partial charge in [0.25, 0.3) is 0 Å². The van der Waals surface area contributed by atoms with Crippen molar-refractivity contribution in [3.05, 3.63) is 12.7 Å². The van der Waals surface area contributed by atoms with Gasteiger partial charge < -0.3 is 14.7 Å². The fourth-order valence-corrected chi connectivity index (χ4v) is 2.12. The molecule has 1 fully saturated rings. The van der Waals surface area contributed by atoms with E-state index < -0.39 is 18.0 Å². The van der Waals surface area contributed by atoms with Gasteiger partial charge in [-0.1, -0.05) is 6.08 Å². The summed E-state index contributed by atoms with van der Waals surface area (Å²) in [5.74, 6) is -1.76. The van der Waals surface area contributed by atoms with Crippen LogP contribution in [0.4, 0.5) is 0 Å². The first-order chi connectivity index (χ1) is 8.99. The molecule has 1 aliphatic rings. The number of amides is 1. The molecule has 1 amide bonds. The summed E-state index contributed by atoms with van der Waals surface area (Å²) in [5.41, 5.74) is 0. The smallest absolute Gasteiger partial charge is 0.326 e. The van der Waals surface area contributed by atoms with Gasteiger partial charge in [0.1, 0.15) is 6.04 Å². The van der Waals surface area contributed by atoms with Gasteiger partial charge in [-0.25, -0.2) is 4.79 Å². The maximum atomic E-state index is 11.8. The molecule has 2 atom stereocenters. The first-order valence-electron chi connectivity index (χ1n) is 6.30. The third-order valence-corrected chi connectivity index (χ3v) is 3.11. The van der Waals surface area contributed by atoms with Crippen LogP contribution < -0.4 is 0 Å². The summed E-state index contributed by atoms with van der Waals surface area (Å²) in [6, 6.07) is -0.971. The van der Waals surface area contributed by atoms with E-state index in [-0.39, 0.29) is 37.7 Å². The molecule has 0 aromatic carbocycles. The SMILES string of the molecule is C=CC1CC(=O)N([C@@H](CCC(=O)OCC)C(=O)O)C1. The van der Waals surface area contributed by atoms with Crippen molar-refractivity contribution in [2.45, 2.75) is 32.2 Å². The predicted octanol–water partition coefficient (Wildman–Crippen LogP) is 0.817. The van der Waals surface area contributed by atoms with Crippen molar-refractivity contribution >= 4 is 17.8 Å². The highest BCUT2D eigenvalue weighted by Crippen LogP contribution is 2.23. The molecule has 6 heteroatoms. The molecule has 19 heavy (non-hydrogen) atoms. The number of rotatable bonds is 7. The molecule has 1 N–H and O–H groups in total. The molecule has 0 spiro atoms. The van der Waals surface area contributed by atoms with Crippen molar-refractivity contribution in [1.29, 1.82) is 0 Å². The van der Waals surface area contributed by atoms with Gasteiger partial charge >= 0.3 is 11.9 Å². The Bertz CT molecular complexity index is 379. The Balaban J connectivity index is 2.63. The van der Waals surface area contributed by atoms with Crippen LogP contribution in [0.15, 0.2) is 12.7 Å². The van der Waals surface area contributed by atoms with Crippen molar-refractivity contribution in [3.8, 4) is 0 Å². The highest BCUT2D eigenvalue weighted by Gasteiger charge is 2.36. The number of carboxylic acid groups (broad SMARTS) is 1. The van der Waals surface area contributed by atoms with Crippen LogP contribution in [0, 0.1) is 5.92 Å². The largest absolute Gasteiger partial charge is 0.480 e. The minimum atomic E-state index is -1.10. The number of hydrogen-bond donors (Lipinski definition) is 1. The summed E-state index contributed by atoms with van der Waals surface area (Å²) in [4.78, 5) is 35.5. The Hall–Kier alpha value is -1.85. The number of likely N-dealkylation sites (tertiary alicyclic amines) is 1. The molecule has 1 aliphatic heterocycles. The molecule has 0 aliphatic carbocycles. The first kappa shape index (κ1) is 15.2. The van der Waals surface area contributed by atoms with E-state index in [9.17, 15) is 19.5 Å². The van der Waals surface area contributed by atoms with Crippen LogP contribution in [0.25, 0.3) is 0 Å². The lowest BCUT2D eigenvalue weighted by Crippen LogP contribution is -2.42. The molecular formula is C13H19NO5. The molecule has 6 nitrogen and oxygen atoms in total. The Morgan fingerprint density at radius 1 is 1.63 bits per heavy atom. The van der Waals surface area contributed by atoms with Gasteiger partial charge in [-0.2, -0.15) is 0 Å². The molecule has 0 aromatic heterocycles. The molecular weight excluding hydrogens is 250 g/mol. The van der Waals surface area contributed by atoms with Crippen LogP contribution >= 0.6 is 0 Å². The second-order valence-electron chi connectivity index (χ2n) is 4.44. The normalized spacial score (nSPS) is 20.2. The molecule has 0 saturated carbocycles. The van der Waals surface area contributed by atoms with E-state index in [4.69, 9.17) is 4.74 Å². The first-order valence-corrected chi connectivity index (χ1v) is 6.30. The Labute approximate surface area is 112 Å². The number of carbonyl (C=O) groups is 3. The van der Waals surface area contributed by atoms with Gasteiger partial charge in [0.2, 0.25) is 5.91 Å². The average molecular weight is 269 g/mol. The van der Waals surface area contributed by atoms with Gasteiger partial charge in [-0.3, -0.25) is 9.59 Å². The summed E-state index contributed by atoms with van der Waals surface area (Å²) in [6.45, 7) is 5.91. The highest BCUT2D eigenvalue weighted by atomic mass is 16.5. The van der Waals surface area contributed by atoms with Gasteiger partial charge in [0, 0.05) is 25.3 Å². The number of carbonyl (C=O) groups excluding carboxylic acids is 2. The summed E-state index contributed by atoms with van der Waals surface area (Å²) in [5, 5.41) is 9.18. The van der Waals surface area contributed by atoms with Gasteiger partial charge in [0.15, 0.2) is 0 Å². The molecule has 0 bridgehead atoms. The topological polar surface area (TPSA) is 83.9 Å². The second kappa shape index (κ2) is 6.92. The van der Waals surface area contributed by atoms with Crippen LogP contribution in [0.5, 0.6) is 0 Å². The lowest BCUT2D eigenvalue weighted by molar-refractivity contribution is -0.150. The lowest BCUT2D eigenvalue weighted by Gasteiger charge is -2.24. The number of esters is 1. The summed E-state index contributed by atoms with van der Waals surface area (Å²) >= 11 is 0. The van der Waals surface area contributed by atoms with Crippen molar-refractivity contribution in [1.82, 2.24) is 4.90 Å². The zero-order valence-electron chi connectivity index (χ0n) is 11.0. The van der Waals surface area contributed by atoms with Crippen LogP contribution in [-0.2, 0) is 19.1 Å². The van der Waals surface area contributed by atoms with Crippen molar-refractivity contribution < 1.29 is 24.2 Å². The van der Waals surface area contributed by atoms with Gasteiger partial charge in [0.05, 0.1) is 6.61 Å². The number of nitrogens with zero attached hydrogens (tertiary/aromatic N) is 1. The van der Waals surface area contributed by atoms with Crippen molar-refractivity contribution in [3.63, 3.8) is 0 Å². The van der Waals surface area contributed by atoms with E-state index in [1.165, 1.54) is 4.90 Å². The minimum Gasteiger partial charge on any atom is -0.480 e. The average Bonchev–Trinajstić information content (AvgIpc) is 2.71. The zero-order chi connectivity index (χ0) is 14.4. The van der Waals surface area contributed by atoms with Crippen LogP contribution in [0.3, 0.4) is 0 Å². The second-order valence-corrected chi connectivity index (χ2v) is 4.44. The fraction of sp³-hybridized carbons (Fsp3) is 0.615. The summed E-state index contributed by atoms with van der Waals surface area (Å²) < 4.78 is 4.75. The maximum Gasteiger partial charge on any atom is 0.326 e. The summed E-state index contributed by atoms with van der Waals surface area (Å²) in [7, 11) is 0. The van der Waals surface area contributed by atoms with Crippen LogP contribution in [0.1, 0.15) is 26.2 Å². The fourth-order valence-electron chi connectivity index (χ4n) is 2.12. The Morgan fingerprint density at radius 3 is 2.79 bits per heavy atom. The number of ether oxygens (including phenoxy) is 1. The third-order valence-electron chi connectivity index (χ3n) is 3.11. The standard InChI is InChI=1S/C13H19NO5/c1-3-9-7-11(15)14(8-9)10(13(17)18)5-6-12(16)19-4-2/h3,9-10H,1,4-8H2,2H3,(H,17,18)/t9?,10-/m0/s1. The van der Waals surface area contributed by atoms with E-state index in [2.05, 4.69) is 6.58 Å². The lowest BCUT2D eigenvalue weighted by atomic mass is 10.1. The summed E-state index contributed by atoms with van der Waals surface area (Å²) in [6.07, 6.45) is 2.01. The van der Waals surface area contributed by atoms with Crippen molar-refractivity contribution in [2.75, 3.05) is 13.2 Å². The molecule has 1 saturated heterocycles. The highest BCUT2D eigenvalue weighted by molar-refractivity contribution is 5.85. The maximum absolute atomic E-state index is 11.8. The van der Waals surface area contributed by atoms with E-state index >= 15 is 0 Å². The third kappa shape index (κ3) is 4.08. The van der Waals surface area contributed by atoms with E-state index in [1.54, 1.807) is 13.0 Å². The number of hydrogen-bond acceptors (Lipinski definition) is 4. The van der Waals surface area contributed by atoms with Gasteiger partial charge in [-0.15, -0.1) is 6.58 Å². The van der Waals surface area contributed by atoms with Gasteiger partial charge in [-0.05, 0) is 13.3 Å². The quantitative estimate of drug-likeness (QED) is 0.546. The molecule has 0 radical (unpaired) electrons. The van der Waals surface area contributed by atoms with E-state index in [0.717, 1.165) is 0 Å². The number of carboxylic acids is 1. The van der Waals surface area contributed by atoms with Crippen molar-refractivity contribution in [2.24, 2.45) is 5.92 Å². The molecule has 1 rings (SSSR count). The van der Waals surface area contributed by atoms with Crippen LogP contribution in [0.2, 0.25) is 0 Å². The Kier molecular flexibility index (Phi) is 5.54. The van der Waals surface area contributed by atoms with E-state index in [1.807, 2.05) is 0 Å². The molecule has 0 aromatic rings.